The lowest BCUT2D eigenvalue weighted by molar-refractivity contribution is 0.304. The molecule has 0 fully saturated rings. The predicted octanol–water partition coefficient (Wildman–Crippen LogP) is 6.78. The Balaban J connectivity index is 1.74. The van der Waals surface area contributed by atoms with Gasteiger partial charge in [0.25, 0.3) is 0 Å². The number of unbranched alkanes of at least 4 members (excludes halogenated alkanes) is 6. The molecule has 0 saturated heterocycles. The molecule has 0 aliphatic rings. The fourth-order valence-electron chi connectivity index (χ4n) is 3.37. The zero-order valence-corrected chi connectivity index (χ0v) is 19.4. The van der Waals surface area contributed by atoms with Crippen molar-refractivity contribution in [3.8, 4) is 17.2 Å². The summed E-state index contributed by atoms with van der Waals surface area (Å²) in [4.78, 5) is 0. The van der Waals surface area contributed by atoms with Gasteiger partial charge in [-0.05, 0) is 35.7 Å². The third-order valence-electron chi connectivity index (χ3n) is 5.11. The minimum absolute atomic E-state index is 0.636. The Bertz CT molecular complexity index is 751. The van der Waals surface area contributed by atoms with Gasteiger partial charge in [-0.15, -0.1) is 0 Å². The third kappa shape index (κ3) is 8.45. The Morgan fingerprint density at radius 1 is 0.833 bits per heavy atom. The second-order valence-corrected chi connectivity index (χ2v) is 7.93. The van der Waals surface area contributed by atoms with Crippen molar-refractivity contribution in [3.05, 3.63) is 52.5 Å². The van der Waals surface area contributed by atoms with Gasteiger partial charge in [0.2, 0.25) is 0 Å². The number of nitrogens with one attached hydrogen (secondary N) is 1. The lowest BCUT2D eigenvalue weighted by atomic mass is 10.1. The molecular weight excluding hydrogens is 398 g/mol. The number of methoxy groups -OCH3 is 2. The molecule has 166 valence electrons. The van der Waals surface area contributed by atoms with Crippen LogP contribution in [0.25, 0.3) is 0 Å². The molecule has 2 aromatic carbocycles. The molecular formula is C25H36ClNO3. The number of benzene rings is 2. The normalized spacial score (nSPS) is 10.8. The van der Waals surface area contributed by atoms with Crippen LogP contribution in [0, 0.1) is 0 Å². The van der Waals surface area contributed by atoms with Crippen molar-refractivity contribution in [1.29, 1.82) is 0 Å². The zero-order valence-electron chi connectivity index (χ0n) is 18.6. The third-order valence-corrected chi connectivity index (χ3v) is 5.46. The summed E-state index contributed by atoms with van der Waals surface area (Å²) in [6, 6.07) is 12.0. The summed E-state index contributed by atoms with van der Waals surface area (Å²) >= 11 is 6.37. The number of hydrogen-bond donors (Lipinski definition) is 1. The van der Waals surface area contributed by atoms with Crippen LogP contribution in [-0.2, 0) is 13.1 Å². The van der Waals surface area contributed by atoms with E-state index in [1.165, 1.54) is 44.1 Å². The fourth-order valence-corrected chi connectivity index (χ4v) is 3.59. The van der Waals surface area contributed by atoms with Crippen molar-refractivity contribution in [1.82, 2.24) is 5.32 Å². The molecule has 4 nitrogen and oxygen atoms in total. The Labute approximate surface area is 186 Å². The van der Waals surface area contributed by atoms with E-state index in [0.29, 0.717) is 23.1 Å². The first-order chi connectivity index (χ1) is 14.7. The minimum atomic E-state index is 0.636. The lowest BCUT2D eigenvalue weighted by Crippen LogP contribution is -2.13. The standard InChI is InChI=1S/C25H36ClNO3/c1-4-5-6-7-8-9-10-14-30-22-13-11-12-20(15-22)18-27-19-21-16-24(28-2)25(29-3)17-23(21)26/h11-13,15-17,27H,4-10,14,18-19H2,1-3H3. The molecule has 0 unspecified atom stereocenters. The Morgan fingerprint density at radius 2 is 1.53 bits per heavy atom. The van der Waals surface area contributed by atoms with Crippen LogP contribution in [0.1, 0.15) is 63.0 Å². The first-order valence-electron chi connectivity index (χ1n) is 11.0. The average molecular weight is 434 g/mol. The summed E-state index contributed by atoms with van der Waals surface area (Å²) in [5.74, 6) is 2.25. The molecule has 0 bridgehead atoms. The second kappa shape index (κ2) is 14.2. The molecule has 0 saturated carbocycles. The van der Waals surface area contributed by atoms with E-state index in [2.05, 4.69) is 24.4 Å². The van der Waals surface area contributed by atoms with Crippen LogP contribution in [0.4, 0.5) is 0 Å². The highest BCUT2D eigenvalue weighted by Crippen LogP contribution is 2.33. The van der Waals surface area contributed by atoms with Crippen LogP contribution in [0.3, 0.4) is 0 Å². The van der Waals surface area contributed by atoms with Crippen LogP contribution in [0.2, 0.25) is 5.02 Å². The first kappa shape index (κ1) is 24.4. The van der Waals surface area contributed by atoms with Crippen molar-refractivity contribution < 1.29 is 14.2 Å². The van der Waals surface area contributed by atoms with Gasteiger partial charge in [0.05, 0.1) is 20.8 Å². The van der Waals surface area contributed by atoms with Gasteiger partial charge in [-0.1, -0.05) is 69.2 Å². The molecule has 0 aliphatic carbocycles. The molecule has 0 amide bonds. The Morgan fingerprint density at radius 3 is 2.27 bits per heavy atom. The van der Waals surface area contributed by atoms with Crippen molar-refractivity contribution in [2.75, 3.05) is 20.8 Å². The average Bonchev–Trinajstić information content (AvgIpc) is 2.76. The van der Waals surface area contributed by atoms with E-state index >= 15 is 0 Å². The van der Waals surface area contributed by atoms with Crippen molar-refractivity contribution in [2.24, 2.45) is 0 Å². The largest absolute Gasteiger partial charge is 0.494 e. The number of hydrogen-bond acceptors (Lipinski definition) is 4. The van der Waals surface area contributed by atoms with Gasteiger partial charge in [0.1, 0.15) is 5.75 Å². The van der Waals surface area contributed by atoms with Gasteiger partial charge in [-0.2, -0.15) is 0 Å². The summed E-state index contributed by atoms with van der Waals surface area (Å²) in [6.07, 6.45) is 9.04. The zero-order chi connectivity index (χ0) is 21.6. The maximum absolute atomic E-state index is 6.37. The molecule has 2 rings (SSSR count). The van der Waals surface area contributed by atoms with Crippen molar-refractivity contribution >= 4 is 11.6 Å². The highest BCUT2D eigenvalue weighted by atomic mass is 35.5. The lowest BCUT2D eigenvalue weighted by Gasteiger charge is -2.13. The van der Waals surface area contributed by atoms with E-state index in [0.717, 1.165) is 30.9 Å². The van der Waals surface area contributed by atoms with Crippen LogP contribution in [0.5, 0.6) is 17.2 Å². The van der Waals surface area contributed by atoms with Gasteiger partial charge in [-0.3, -0.25) is 0 Å². The van der Waals surface area contributed by atoms with E-state index in [9.17, 15) is 0 Å². The van der Waals surface area contributed by atoms with Gasteiger partial charge in [-0.25, -0.2) is 0 Å². The maximum Gasteiger partial charge on any atom is 0.162 e. The molecule has 0 atom stereocenters. The van der Waals surface area contributed by atoms with E-state index < -0.39 is 0 Å². The van der Waals surface area contributed by atoms with E-state index in [-0.39, 0.29) is 0 Å². The highest BCUT2D eigenvalue weighted by Gasteiger charge is 2.09. The molecule has 0 aromatic heterocycles. The molecule has 0 radical (unpaired) electrons. The molecule has 1 N–H and O–H groups in total. The van der Waals surface area contributed by atoms with Crippen molar-refractivity contribution in [3.63, 3.8) is 0 Å². The Hall–Kier alpha value is -1.91. The smallest absolute Gasteiger partial charge is 0.162 e. The van der Waals surface area contributed by atoms with Crippen LogP contribution in [0.15, 0.2) is 36.4 Å². The van der Waals surface area contributed by atoms with Gasteiger partial charge in [0, 0.05) is 24.2 Å². The monoisotopic (exact) mass is 433 g/mol. The summed E-state index contributed by atoms with van der Waals surface area (Å²) in [7, 11) is 3.23. The number of rotatable bonds is 15. The molecule has 0 aliphatic heterocycles. The quantitative estimate of drug-likeness (QED) is 0.314. The summed E-state index contributed by atoms with van der Waals surface area (Å²) in [5, 5.41) is 4.10. The number of ether oxygens (including phenoxy) is 3. The number of halogens is 1. The topological polar surface area (TPSA) is 39.7 Å². The van der Waals surface area contributed by atoms with Gasteiger partial charge < -0.3 is 19.5 Å². The first-order valence-corrected chi connectivity index (χ1v) is 11.4. The summed E-state index contributed by atoms with van der Waals surface area (Å²) in [5.41, 5.74) is 2.16. The maximum atomic E-state index is 6.37. The molecule has 5 heteroatoms. The molecule has 0 heterocycles. The molecule has 0 spiro atoms. The van der Waals surface area contributed by atoms with Crippen LogP contribution < -0.4 is 19.5 Å². The SMILES string of the molecule is CCCCCCCCCOc1cccc(CNCc2cc(OC)c(OC)cc2Cl)c1. The van der Waals surface area contributed by atoms with Crippen molar-refractivity contribution in [2.45, 2.75) is 65.0 Å². The fraction of sp³-hybridized carbons (Fsp3) is 0.520. The van der Waals surface area contributed by atoms with Crippen LogP contribution in [-0.4, -0.2) is 20.8 Å². The van der Waals surface area contributed by atoms with Crippen LogP contribution >= 0.6 is 11.6 Å². The van der Waals surface area contributed by atoms with E-state index in [4.69, 9.17) is 25.8 Å². The van der Waals surface area contributed by atoms with E-state index in [1.807, 2.05) is 18.2 Å². The Kier molecular flexibility index (Phi) is 11.5. The highest BCUT2D eigenvalue weighted by molar-refractivity contribution is 6.31. The molecule has 2 aromatic rings. The van der Waals surface area contributed by atoms with E-state index in [1.54, 1.807) is 20.3 Å². The second-order valence-electron chi connectivity index (χ2n) is 7.52. The molecule has 30 heavy (non-hydrogen) atoms. The van der Waals surface area contributed by atoms with Gasteiger partial charge >= 0.3 is 0 Å². The minimum Gasteiger partial charge on any atom is -0.494 e. The summed E-state index contributed by atoms with van der Waals surface area (Å²) in [6.45, 7) is 4.41. The predicted molar refractivity (Wildman–Crippen MR) is 125 cm³/mol. The van der Waals surface area contributed by atoms with Gasteiger partial charge in [0.15, 0.2) is 11.5 Å². The summed E-state index contributed by atoms with van der Waals surface area (Å²) < 4.78 is 16.6.